The summed E-state index contributed by atoms with van der Waals surface area (Å²) in [5.41, 5.74) is 8.25. The molecule has 3 aromatic heterocycles. The van der Waals surface area contributed by atoms with E-state index in [1.165, 1.54) is 22.5 Å². The number of nitrogens with zero attached hydrogens (tertiary/aromatic N) is 4. The zero-order valence-electron chi connectivity index (χ0n) is 18.1. The van der Waals surface area contributed by atoms with Crippen molar-refractivity contribution in [2.24, 2.45) is 0 Å². The first-order valence-electron chi connectivity index (χ1n) is 10.7. The maximum atomic E-state index is 4.95. The maximum absolute atomic E-state index is 4.95. The summed E-state index contributed by atoms with van der Waals surface area (Å²) in [6, 6.07) is 12.9. The molecule has 5 rings (SSSR count). The number of fused-ring (bicyclic) bond motifs is 1. The molecular formula is C25H26N4S2. The third-order valence-corrected chi connectivity index (χ3v) is 7.59. The Kier molecular flexibility index (Phi) is 5.59. The van der Waals surface area contributed by atoms with E-state index in [0.29, 0.717) is 0 Å². The number of anilines is 2. The lowest BCUT2D eigenvalue weighted by molar-refractivity contribution is 1.01. The number of aromatic nitrogens is 3. The quantitative estimate of drug-likeness (QED) is 0.345. The van der Waals surface area contributed by atoms with Gasteiger partial charge in [0.1, 0.15) is 11.5 Å². The normalized spacial score (nSPS) is 14.1. The lowest BCUT2D eigenvalue weighted by atomic mass is 10.1. The second kappa shape index (κ2) is 8.52. The van der Waals surface area contributed by atoms with E-state index in [1.54, 1.807) is 11.3 Å². The van der Waals surface area contributed by atoms with Crippen molar-refractivity contribution in [3.8, 4) is 11.3 Å². The highest BCUT2D eigenvalue weighted by molar-refractivity contribution is 7.99. The number of aryl methyl sites for hydroxylation is 2. The summed E-state index contributed by atoms with van der Waals surface area (Å²) in [4.78, 5) is 12.1. The Bertz CT molecular complexity index is 1250. The maximum Gasteiger partial charge on any atom is 0.191 e. The molecule has 0 fully saturated rings. The van der Waals surface area contributed by atoms with Crippen molar-refractivity contribution in [3.63, 3.8) is 0 Å². The van der Waals surface area contributed by atoms with E-state index in [0.717, 1.165) is 52.1 Å². The second-order valence-corrected chi connectivity index (χ2v) is 9.86. The topological polar surface area (TPSA) is 33.4 Å². The van der Waals surface area contributed by atoms with Crippen LogP contribution in [0.3, 0.4) is 0 Å². The monoisotopic (exact) mass is 446 g/mol. The van der Waals surface area contributed by atoms with Crippen molar-refractivity contribution in [3.05, 3.63) is 70.9 Å². The van der Waals surface area contributed by atoms with Crippen molar-refractivity contribution < 1.29 is 0 Å². The van der Waals surface area contributed by atoms with Crippen molar-refractivity contribution in [1.82, 2.24) is 14.4 Å². The van der Waals surface area contributed by atoms with E-state index < -0.39 is 0 Å². The van der Waals surface area contributed by atoms with Gasteiger partial charge in [0.05, 0.1) is 11.4 Å². The van der Waals surface area contributed by atoms with Crippen molar-refractivity contribution in [1.29, 1.82) is 0 Å². The van der Waals surface area contributed by atoms with E-state index >= 15 is 0 Å². The average molecular weight is 447 g/mol. The Morgan fingerprint density at radius 1 is 1.06 bits per heavy atom. The minimum atomic E-state index is 0.881. The van der Waals surface area contributed by atoms with E-state index in [9.17, 15) is 0 Å². The minimum Gasteiger partial charge on any atom is -0.305 e. The first-order chi connectivity index (χ1) is 15.1. The third kappa shape index (κ3) is 3.90. The number of hydrogen-bond acceptors (Lipinski definition) is 5. The Hall–Kier alpha value is -2.57. The largest absolute Gasteiger partial charge is 0.305 e. The van der Waals surface area contributed by atoms with E-state index in [1.807, 2.05) is 11.8 Å². The lowest BCUT2D eigenvalue weighted by Gasteiger charge is -2.18. The molecule has 4 heterocycles. The minimum absolute atomic E-state index is 0.881. The van der Waals surface area contributed by atoms with Crippen LogP contribution in [0, 0.1) is 6.92 Å². The predicted octanol–water partition coefficient (Wildman–Crippen LogP) is 6.62. The van der Waals surface area contributed by atoms with Gasteiger partial charge in [-0.2, -0.15) is 11.8 Å². The summed E-state index contributed by atoms with van der Waals surface area (Å²) >= 11 is 3.68. The first-order valence-corrected chi connectivity index (χ1v) is 12.7. The summed E-state index contributed by atoms with van der Waals surface area (Å²) in [7, 11) is 2.10. The number of thioether (sulfide) groups is 1. The summed E-state index contributed by atoms with van der Waals surface area (Å²) in [6.45, 7) is 4.28. The highest BCUT2D eigenvalue weighted by Crippen LogP contribution is 2.35. The molecule has 0 atom stereocenters. The number of rotatable bonds is 5. The number of pyridine rings is 1. The highest BCUT2D eigenvalue weighted by atomic mass is 32.2. The standard InChI is InChI=1S/C25H26N4S2/c1-4-21-24(28(3)25-27-22(16-31-25)19-7-5-17(2)6-8-19)29-15-20(9-10-23(29)26-21)18-11-13-30-14-12-18/h5-11,15-16H,4,12-14H2,1-3H3. The molecule has 0 spiro atoms. The van der Waals surface area contributed by atoms with Gasteiger partial charge in [0.2, 0.25) is 0 Å². The van der Waals surface area contributed by atoms with Crippen LogP contribution in [0.4, 0.5) is 10.9 Å². The Balaban J connectivity index is 1.55. The molecule has 0 saturated carbocycles. The molecule has 0 saturated heterocycles. The number of imidazole rings is 1. The number of thiazole rings is 1. The van der Waals surface area contributed by atoms with Gasteiger partial charge in [-0.3, -0.25) is 4.40 Å². The van der Waals surface area contributed by atoms with E-state index in [4.69, 9.17) is 9.97 Å². The Morgan fingerprint density at radius 2 is 1.87 bits per heavy atom. The smallest absolute Gasteiger partial charge is 0.191 e. The Labute approximate surface area is 191 Å². The third-order valence-electron chi connectivity index (χ3n) is 5.78. The van der Waals surface area contributed by atoms with Gasteiger partial charge in [-0.1, -0.05) is 42.8 Å². The van der Waals surface area contributed by atoms with Crippen LogP contribution in [0.25, 0.3) is 22.5 Å². The van der Waals surface area contributed by atoms with Gasteiger partial charge < -0.3 is 4.90 Å². The molecule has 31 heavy (non-hydrogen) atoms. The van der Waals surface area contributed by atoms with E-state index in [-0.39, 0.29) is 0 Å². The second-order valence-electron chi connectivity index (χ2n) is 7.88. The van der Waals surface area contributed by atoms with Gasteiger partial charge in [0.25, 0.3) is 0 Å². The molecule has 0 amide bonds. The van der Waals surface area contributed by atoms with Gasteiger partial charge >= 0.3 is 0 Å². The molecule has 0 unspecified atom stereocenters. The fourth-order valence-corrected chi connectivity index (χ4v) is 5.67. The number of allylic oxidation sites excluding steroid dienone is 1. The molecule has 1 aliphatic heterocycles. The molecular weight excluding hydrogens is 420 g/mol. The molecule has 0 N–H and O–H groups in total. The van der Waals surface area contributed by atoms with Gasteiger partial charge in [0, 0.05) is 29.9 Å². The van der Waals surface area contributed by atoms with Gasteiger partial charge in [-0.25, -0.2) is 9.97 Å². The fraction of sp³-hybridized carbons (Fsp3) is 0.280. The van der Waals surface area contributed by atoms with Crippen molar-refractivity contribution in [2.75, 3.05) is 23.5 Å². The average Bonchev–Trinajstić information content (AvgIpc) is 3.44. The number of benzene rings is 1. The Morgan fingerprint density at radius 3 is 2.61 bits per heavy atom. The summed E-state index contributed by atoms with van der Waals surface area (Å²) in [5, 5.41) is 3.12. The first kappa shape index (κ1) is 20.3. The lowest BCUT2D eigenvalue weighted by Crippen LogP contribution is -2.13. The van der Waals surface area contributed by atoms with Gasteiger partial charge in [0.15, 0.2) is 5.13 Å². The molecule has 158 valence electrons. The molecule has 4 nitrogen and oxygen atoms in total. The van der Waals surface area contributed by atoms with Crippen LogP contribution in [0.1, 0.15) is 30.2 Å². The van der Waals surface area contributed by atoms with Gasteiger partial charge in [-0.15, -0.1) is 11.3 Å². The molecule has 0 aliphatic carbocycles. The van der Waals surface area contributed by atoms with Crippen LogP contribution in [0.5, 0.6) is 0 Å². The molecule has 6 heteroatoms. The van der Waals surface area contributed by atoms with E-state index in [2.05, 4.69) is 84.2 Å². The zero-order valence-corrected chi connectivity index (χ0v) is 19.8. The highest BCUT2D eigenvalue weighted by Gasteiger charge is 2.20. The van der Waals surface area contributed by atoms with Crippen LogP contribution >= 0.6 is 23.1 Å². The van der Waals surface area contributed by atoms with Crippen LogP contribution in [0.2, 0.25) is 0 Å². The van der Waals surface area contributed by atoms with Crippen LogP contribution in [-0.4, -0.2) is 32.9 Å². The molecule has 0 radical (unpaired) electrons. The summed E-state index contributed by atoms with van der Waals surface area (Å²) < 4.78 is 2.24. The zero-order chi connectivity index (χ0) is 21.4. The molecule has 1 aromatic carbocycles. The number of hydrogen-bond donors (Lipinski definition) is 0. The SMILES string of the molecule is CCc1nc2ccc(C3=CCSCC3)cn2c1N(C)c1nc(-c2ccc(C)cc2)cs1. The molecule has 0 bridgehead atoms. The summed E-state index contributed by atoms with van der Waals surface area (Å²) in [5.74, 6) is 3.40. The molecule has 4 aromatic rings. The van der Waals surface area contributed by atoms with Crippen LogP contribution in [0.15, 0.2) is 54.1 Å². The van der Waals surface area contributed by atoms with Crippen LogP contribution < -0.4 is 4.90 Å². The molecule has 1 aliphatic rings. The predicted molar refractivity (Wildman–Crippen MR) is 135 cm³/mol. The van der Waals surface area contributed by atoms with Crippen LogP contribution in [-0.2, 0) is 6.42 Å². The van der Waals surface area contributed by atoms with Crippen molar-refractivity contribution in [2.45, 2.75) is 26.7 Å². The fourth-order valence-electron chi connectivity index (χ4n) is 4.02. The van der Waals surface area contributed by atoms with Gasteiger partial charge in [-0.05, 0) is 48.8 Å². The van der Waals surface area contributed by atoms with Crippen molar-refractivity contribution >= 4 is 45.3 Å². The summed E-state index contributed by atoms with van der Waals surface area (Å²) in [6.07, 6.45) is 6.63.